The van der Waals surface area contributed by atoms with Crippen LogP contribution < -0.4 is 0 Å². The molecule has 0 saturated heterocycles. The Morgan fingerprint density at radius 3 is 2.36 bits per heavy atom. The molecule has 1 aliphatic rings. The maximum atomic E-state index is 12.8. The number of fused-ring (bicyclic) bond motifs is 1. The van der Waals surface area contributed by atoms with Crippen LogP contribution in [-0.2, 0) is 27.9 Å². The summed E-state index contributed by atoms with van der Waals surface area (Å²) in [5, 5.41) is -0.265. The van der Waals surface area contributed by atoms with Crippen molar-refractivity contribution < 1.29 is 32.0 Å². The van der Waals surface area contributed by atoms with E-state index in [2.05, 4.69) is 0 Å². The number of carbonyl (C=O) groups is 3. The average Bonchev–Trinajstić information content (AvgIpc) is 3.38. The average molecular weight is 468 g/mol. The second-order valence-corrected chi connectivity index (χ2v) is 9.61. The maximum absolute atomic E-state index is 12.8. The fourth-order valence-electron chi connectivity index (χ4n) is 3.30. The number of imide groups is 1. The third-order valence-electron chi connectivity index (χ3n) is 5.11. The van der Waals surface area contributed by atoms with Crippen LogP contribution in [0.2, 0.25) is 0 Å². The molecule has 2 heterocycles. The number of esters is 1. The highest BCUT2D eigenvalue weighted by molar-refractivity contribution is 7.88. The number of amides is 2. The molecule has 0 radical (unpaired) electrons. The largest absolute Gasteiger partial charge is 0.454 e. The summed E-state index contributed by atoms with van der Waals surface area (Å²) in [5.41, 5.74) is 1.24. The third-order valence-corrected chi connectivity index (χ3v) is 6.80. The van der Waals surface area contributed by atoms with Crippen LogP contribution in [-0.4, -0.2) is 49.5 Å². The standard InChI is InChI=1S/C23H20N2O7S/c1-24(2)33(29,30)20-11-9-17(32-20)14-31-23(28)16-8-10-18-19(12-16)22(27)25(21(18)26)13-15-6-4-3-5-7-15/h3-12H,13-14H2,1-2H3. The number of furan rings is 1. The first-order valence-electron chi connectivity index (χ1n) is 9.91. The van der Waals surface area contributed by atoms with Crippen LogP contribution in [0.5, 0.6) is 0 Å². The Hall–Kier alpha value is -3.76. The fraction of sp³-hybridized carbons (Fsp3) is 0.174. The Bertz CT molecular complexity index is 1340. The number of hydrogen-bond donors (Lipinski definition) is 0. The van der Waals surface area contributed by atoms with Crippen molar-refractivity contribution in [1.29, 1.82) is 0 Å². The monoisotopic (exact) mass is 468 g/mol. The summed E-state index contributed by atoms with van der Waals surface area (Å²) in [5.74, 6) is -1.51. The van der Waals surface area contributed by atoms with Crippen molar-refractivity contribution in [3.8, 4) is 0 Å². The number of sulfonamides is 1. The minimum absolute atomic E-state index is 0.0872. The van der Waals surface area contributed by atoms with Crippen LogP contribution >= 0.6 is 0 Å². The fourth-order valence-corrected chi connectivity index (χ4v) is 4.11. The topological polar surface area (TPSA) is 114 Å². The summed E-state index contributed by atoms with van der Waals surface area (Å²) in [6.07, 6.45) is 0. The molecule has 1 aliphatic heterocycles. The molecule has 9 nitrogen and oxygen atoms in total. The van der Waals surface area contributed by atoms with Gasteiger partial charge in [-0.3, -0.25) is 14.5 Å². The van der Waals surface area contributed by atoms with Gasteiger partial charge in [0.05, 0.1) is 23.2 Å². The first-order valence-corrected chi connectivity index (χ1v) is 11.3. The third kappa shape index (κ3) is 4.30. The zero-order valence-corrected chi connectivity index (χ0v) is 18.7. The van der Waals surface area contributed by atoms with Crippen molar-refractivity contribution in [3.05, 3.63) is 88.7 Å². The van der Waals surface area contributed by atoms with Crippen molar-refractivity contribution in [1.82, 2.24) is 9.21 Å². The molecule has 3 aromatic rings. The van der Waals surface area contributed by atoms with Gasteiger partial charge in [0.15, 0.2) is 0 Å². The summed E-state index contributed by atoms with van der Waals surface area (Å²) >= 11 is 0. The predicted molar refractivity (Wildman–Crippen MR) is 116 cm³/mol. The van der Waals surface area contributed by atoms with Gasteiger partial charge in [-0.05, 0) is 35.9 Å². The van der Waals surface area contributed by atoms with Crippen LogP contribution in [0.3, 0.4) is 0 Å². The van der Waals surface area contributed by atoms with Crippen LogP contribution in [0.15, 0.2) is 70.2 Å². The van der Waals surface area contributed by atoms with E-state index in [9.17, 15) is 22.8 Å². The van der Waals surface area contributed by atoms with Crippen molar-refractivity contribution in [2.45, 2.75) is 18.2 Å². The molecule has 0 N–H and O–H groups in total. The van der Waals surface area contributed by atoms with Crippen molar-refractivity contribution in [2.75, 3.05) is 14.1 Å². The van der Waals surface area contributed by atoms with Crippen LogP contribution in [0.1, 0.15) is 42.4 Å². The molecule has 0 spiro atoms. The highest BCUT2D eigenvalue weighted by Crippen LogP contribution is 2.26. The maximum Gasteiger partial charge on any atom is 0.338 e. The summed E-state index contributed by atoms with van der Waals surface area (Å²) in [7, 11) is -0.994. The lowest BCUT2D eigenvalue weighted by atomic mass is 10.1. The summed E-state index contributed by atoms with van der Waals surface area (Å²) in [6.45, 7) is -0.171. The van der Waals surface area contributed by atoms with Crippen LogP contribution in [0.4, 0.5) is 0 Å². The molecular weight excluding hydrogens is 448 g/mol. The normalized spacial score (nSPS) is 13.5. The molecule has 2 aromatic carbocycles. The lowest BCUT2D eigenvalue weighted by molar-refractivity contribution is 0.0440. The Morgan fingerprint density at radius 1 is 0.970 bits per heavy atom. The van der Waals surface area contributed by atoms with Gasteiger partial charge in [0, 0.05) is 14.1 Å². The Labute approximate surface area is 190 Å². The van der Waals surface area contributed by atoms with E-state index in [-0.39, 0.29) is 40.7 Å². The second-order valence-electron chi connectivity index (χ2n) is 7.53. The Balaban J connectivity index is 1.46. The highest BCUT2D eigenvalue weighted by atomic mass is 32.2. The van der Waals surface area contributed by atoms with Crippen LogP contribution in [0.25, 0.3) is 0 Å². The first kappa shape index (κ1) is 22.4. The van der Waals surface area contributed by atoms with Gasteiger partial charge < -0.3 is 9.15 Å². The Kier molecular flexibility index (Phi) is 5.88. The zero-order chi connectivity index (χ0) is 23.8. The molecule has 0 aliphatic carbocycles. The minimum atomic E-state index is -3.74. The second kappa shape index (κ2) is 8.64. The van der Waals surface area contributed by atoms with E-state index in [1.54, 1.807) is 0 Å². The summed E-state index contributed by atoms with van der Waals surface area (Å²) in [4.78, 5) is 39.1. The number of hydrogen-bond acceptors (Lipinski definition) is 7. The van der Waals surface area contributed by atoms with Gasteiger partial charge in [0.2, 0.25) is 5.09 Å². The first-order chi connectivity index (χ1) is 15.7. The van der Waals surface area contributed by atoms with E-state index >= 15 is 0 Å². The minimum Gasteiger partial charge on any atom is -0.454 e. The molecule has 10 heteroatoms. The molecule has 0 fully saturated rings. The number of rotatable bonds is 7. The molecule has 0 saturated carbocycles. The van der Waals surface area contributed by atoms with Gasteiger partial charge in [0.25, 0.3) is 21.8 Å². The molecule has 4 rings (SSSR count). The summed E-state index contributed by atoms with van der Waals surface area (Å²) in [6, 6.07) is 15.9. The zero-order valence-electron chi connectivity index (χ0n) is 17.8. The van der Waals surface area contributed by atoms with E-state index < -0.39 is 27.8 Å². The number of ether oxygens (including phenoxy) is 1. The quantitative estimate of drug-likeness (QED) is 0.387. The molecular formula is C23H20N2O7S. The van der Waals surface area contributed by atoms with Crippen molar-refractivity contribution in [2.24, 2.45) is 0 Å². The lowest BCUT2D eigenvalue weighted by Crippen LogP contribution is -2.29. The number of benzene rings is 2. The van der Waals surface area contributed by atoms with Gasteiger partial charge >= 0.3 is 5.97 Å². The molecule has 2 amide bonds. The lowest BCUT2D eigenvalue weighted by Gasteiger charge is -2.13. The molecule has 0 unspecified atom stereocenters. The molecule has 0 bridgehead atoms. The highest BCUT2D eigenvalue weighted by Gasteiger charge is 2.36. The van der Waals surface area contributed by atoms with Gasteiger partial charge in [-0.2, -0.15) is 0 Å². The predicted octanol–water partition coefficient (Wildman–Crippen LogP) is 2.68. The van der Waals surface area contributed by atoms with Crippen molar-refractivity contribution in [3.63, 3.8) is 0 Å². The molecule has 0 atom stereocenters. The molecule has 170 valence electrons. The van der Waals surface area contributed by atoms with Gasteiger partial charge in [-0.15, -0.1) is 0 Å². The number of nitrogens with zero attached hydrogens (tertiary/aromatic N) is 2. The van der Waals surface area contributed by atoms with E-state index in [0.717, 1.165) is 14.8 Å². The molecule has 1 aromatic heterocycles. The van der Waals surface area contributed by atoms with E-state index in [0.29, 0.717) is 0 Å². The van der Waals surface area contributed by atoms with Gasteiger partial charge in [-0.25, -0.2) is 17.5 Å². The van der Waals surface area contributed by atoms with Gasteiger partial charge in [0.1, 0.15) is 12.4 Å². The van der Waals surface area contributed by atoms with E-state index in [4.69, 9.17) is 9.15 Å². The summed E-state index contributed by atoms with van der Waals surface area (Å²) < 4.78 is 35.6. The van der Waals surface area contributed by atoms with E-state index in [1.165, 1.54) is 44.4 Å². The molecule has 33 heavy (non-hydrogen) atoms. The number of carbonyl (C=O) groups excluding carboxylic acids is 3. The van der Waals surface area contributed by atoms with E-state index in [1.807, 2.05) is 30.3 Å². The van der Waals surface area contributed by atoms with Gasteiger partial charge in [-0.1, -0.05) is 30.3 Å². The van der Waals surface area contributed by atoms with Crippen LogP contribution in [0, 0.1) is 0 Å². The van der Waals surface area contributed by atoms with Crippen molar-refractivity contribution >= 4 is 27.8 Å². The smallest absolute Gasteiger partial charge is 0.338 e. The SMILES string of the molecule is CN(C)S(=O)(=O)c1ccc(COC(=O)c2ccc3c(c2)C(=O)N(Cc2ccccc2)C3=O)o1. The Morgan fingerprint density at radius 2 is 1.67 bits per heavy atom.